The third kappa shape index (κ3) is 3.73. The van der Waals surface area contributed by atoms with Crippen LogP contribution in [-0.4, -0.2) is 72.3 Å². The van der Waals surface area contributed by atoms with Gasteiger partial charge < -0.3 is 20.0 Å². The fourth-order valence-electron chi connectivity index (χ4n) is 3.17. The summed E-state index contributed by atoms with van der Waals surface area (Å²) in [7, 11) is 0. The molecule has 126 valence electrons. The van der Waals surface area contributed by atoms with Crippen molar-refractivity contribution in [2.75, 3.05) is 45.8 Å². The first-order valence-corrected chi connectivity index (χ1v) is 8.24. The van der Waals surface area contributed by atoms with Gasteiger partial charge in [0.05, 0.1) is 18.7 Å². The van der Waals surface area contributed by atoms with Crippen LogP contribution >= 0.6 is 0 Å². The minimum absolute atomic E-state index is 0.0555. The normalized spacial score (nSPS) is 19.3. The van der Waals surface area contributed by atoms with Crippen molar-refractivity contribution in [1.29, 1.82) is 0 Å². The first kappa shape index (κ1) is 16.0. The molecule has 2 fully saturated rings. The van der Waals surface area contributed by atoms with Crippen molar-refractivity contribution >= 4 is 11.8 Å². The van der Waals surface area contributed by atoms with Crippen molar-refractivity contribution in [2.45, 2.75) is 19.4 Å². The number of carbonyl (C=O) groups is 2. The van der Waals surface area contributed by atoms with Gasteiger partial charge in [-0.3, -0.25) is 14.5 Å². The lowest BCUT2D eigenvalue weighted by molar-refractivity contribution is -0.133. The highest BCUT2D eigenvalue weighted by Gasteiger charge is 2.27. The molecule has 2 aliphatic heterocycles. The van der Waals surface area contributed by atoms with Crippen LogP contribution in [0.4, 0.5) is 0 Å². The van der Waals surface area contributed by atoms with Gasteiger partial charge in [-0.25, -0.2) is 0 Å². The van der Waals surface area contributed by atoms with Gasteiger partial charge in [-0.15, -0.1) is 0 Å². The topological polar surface area (TPSA) is 83.0 Å². The summed E-state index contributed by atoms with van der Waals surface area (Å²) in [5.74, 6) is 0.723. The highest BCUT2D eigenvalue weighted by Crippen LogP contribution is 2.13. The Balaban J connectivity index is 1.49. The molecule has 1 aromatic heterocycles. The standard InChI is InChI=1S/C16H24N4O3/c17-10-14-9-13(12-23-14)16(22)20-7-5-19(6-8-20)15(21)11-18-3-1-2-4-18/h9,12H,1-8,10-11,17H2. The molecule has 2 amide bonds. The van der Waals surface area contributed by atoms with Crippen LogP contribution in [0, 0.1) is 0 Å². The van der Waals surface area contributed by atoms with Gasteiger partial charge >= 0.3 is 0 Å². The molecule has 7 heteroatoms. The Labute approximate surface area is 136 Å². The maximum atomic E-state index is 12.4. The number of hydrogen-bond acceptors (Lipinski definition) is 5. The SMILES string of the molecule is NCc1cc(C(=O)N2CCN(C(=O)CN3CCCC3)CC2)co1. The van der Waals surface area contributed by atoms with E-state index in [1.165, 1.54) is 19.1 Å². The Hall–Kier alpha value is -1.86. The molecule has 7 nitrogen and oxygen atoms in total. The van der Waals surface area contributed by atoms with Crippen LogP contribution in [0.2, 0.25) is 0 Å². The molecule has 0 aromatic carbocycles. The summed E-state index contributed by atoms with van der Waals surface area (Å²) < 4.78 is 5.22. The Morgan fingerprint density at radius 2 is 1.70 bits per heavy atom. The average Bonchev–Trinajstić information content (AvgIpc) is 3.25. The molecule has 0 atom stereocenters. The van der Waals surface area contributed by atoms with E-state index < -0.39 is 0 Å². The number of carbonyl (C=O) groups excluding carboxylic acids is 2. The van der Waals surface area contributed by atoms with Gasteiger partial charge in [-0.2, -0.15) is 0 Å². The molecular formula is C16H24N4O3. The Morgan fingerprint density at radius 3 is 2.30 bits per heavy atom. The minimum atomic E-state index is -0.0555. The second kappa shape index (κ2) is 7.14. The summed E-state index contributed by atoms with van der Waals surface area (Å²) in [5, 5.41) is 0. The van der Waals surface area contributed by atoms with Crippen LogP contribution in [0.1, 0.15) is 29.0 Å². The second-order valence-corrected chi connectivity index (χ2v) is 6.16. The maximum Gasteiger partial charge on any atom is 0.257 e. The van der Waals surface area contributed by atoms with Gasteiger partial charge in [0.2, 0.25) is 5.91 Å². The van der Waals surface area contributed by atoms with Crippen LogP contribution in [0.25, 0.3) is 0 Å². The van der Waals surface area contributed by atoms with Crippen LogP contribution in [0.5, 0.6) is 0 Å². The van der Waals surface area contributed by atoms with E-state index in [9.17, 15) is 9.59 Å². The predicted molar refractivity (Wildman–Crippen MR) is 84.8 cm³/mol. The van der Waals surface area contributed by atoms with E-state index in [-0.39, 0.29) is 18.4 Å². The lowest BCUT2D eigenvalue weighted by Crippen LogP contribution is -2.52. The van der Waals surface area contributed by atoms with E-state index in [4.69, 9.17) is 10.2 Å². The van der Waals surface area contributed by atoms with E-state index in [1.807, 2.05) is 4.90 Å². The maximum absolute atomic E-state index is 12.4. The molecule has 23 heavy (non-hydrogen) atoms. The molecule has 2 N–H and O–H groups in total. The molecule has 3 rings (SSSR count). The van der Waals surface area contributed by atoms with E-state index in [2.05, 4.69) is 4.90 Å². The van der Waals surface area contributed by atoms with Crippen molar-refractivity contribution < 1.29 is 14.0 Å². The summed E-state index contributed by atoms with van der Waals surface area (Å²) in [4.78, 5) is 30.5. The van der Waals surface area contributed by atoms with Crippen LogP contribution in [0.15, 0.2) is 16.7 Å². The number of hydrogen-bond donors (Lipinski definition) is 1. The molecule has 0 bridgehead atoms. The van der Waals surface area contributed by atoms with Gasteiger partial charge in [0.1, 0.15) is 12.0 Å². The zero-order chi connectivity index (χ0) is 16.2. The smallest absolute Gasteiger partial charge is 0.257 e. The molecular weight excluding hydrogens is 296 g/mol. The van der Waals surface area contributed by atoms with E-state index in [0.29, 0.717) is 44.0 Å². The zero-order valence-electron chi connectivity index (χ0n) is 13.4. The van der Waals surface area contributed by atoms with E-state index in [0.717, 1.165) is 13.1 Å². The largest absolute Gasteiger partial charge is 0.467 e. The van der Waals surface area contributed by atoms with Crippen molar-refractivity contribution in [2.24, 2.45) is 5.73 Å². The fraction of sp³-hybridized carbons (Fsp3) is 0.625. The van der Waals surface area contributed by atoms with Gasteiger partial charge in [0.25, 0.3) is 5.91 Å². The quantitative estimate of drug-likeness (QED) is 0.852. The number of furan rings is 1. The van der Waals surface area contributed by atoms with Crippen molar-refractivity contribution in [1.82, 2.24) is 14.7 Å². The molecule has 3 heterocycles. The summed E-state index contributed by atoms with van der Waals surface area (Å²) >= 11 is 0. The summed E-state index contributed by atoms with van der Waals surface area (Å²) in [5.41, 5.74) is 6.02. The molecule has 0 aliphatic carbocycles. The molecule has 2 aliphatic rings. The van der Waals surface area contributed by atoms with Crippen molar-refractivity contribution in [3.8, 4) is 0 Å². The van der Waals surface area contributed by atoms with Crippen LogP contribution in [0.3, 0.4) is 0 Å². The molecule has 0 unspecified atom stereocenters. The highest BCUT2D eigenvalue weighted by atomic mass is 16.3. The number of rotatable bonds is 4. The van der Waals surface area contributed by atoms with Crippen LogP contribution in [-0.2, 0) is 11.3 Å². The van der Waals surface area contributed by atoms with Crippen molar-refractivity contribution in [3.05, 3.63) is 23.7 Å². The predicted octanol–water partition coefficient (Wildman–Crippen LogP) is 0.119. The lowest BCUT2D eigenvalue weighted by atomic mass is 10.2. The van der Waals surface area contributed by atoms with Gasteiger partial charge in [-0.1, -0.05) is 0 Å². The second-order valence-electron chi connectivity index (χ2n) is 6.16. The number of nitrogens with two attached hydrogens (primary N) is 1. The van der Waals surface area contributed by atoms with Crippen LogP contribution < -0.4 is 5.73 Å². The number of amides is 2. The lowest BCUT2D eigenvalue weighted by Gasteiger charge is -2.35. The summed E-state index contributed by atoms with van der Waals surface area (Å²) in [6, 6.07) is 1.69. The third-order valence-electron chi connectivity index (χ3n) is 4.58. The molecule has 0 radical (unpaired) electrons. The molecule has 2 saturated heterocycles. The highest BCUT2D eigenvalue weighted by molar-refractivity contribution is 5.94. The zero-order valence-corrected chi connectivity index (χ0v) is 13.4. The average molecular weight is 320 g/mol. The first-order chi connectivity index (χ1) is 11.2. The molecule has 0 spiro atoms. The number of piperazine rings is 1. The molecule has 1 aromatic rings. The monoisotopic (exact) mass is 320 g/mol. The third-order valence-corrected chi connectivity index (χ3v) is 4.58. The van der Waals surface area contributed by atoms with Gasteiger partial charge in [-0.05, 0) is 32.0 Å². The first-order valence-electron chi connectivity index (χ1n) is 8.24. The fourth-order valence-corrected chi connectivity index (χ4v) is 3.17. The van der Waals surface area contributed by atoms with E-state index >= 15 is 0 Å². The number of likely N-dealkylation sites (tertiary alicyclic amines) is 1. The summed E-state index contributed by atoms with van der Waals surface area (Å²) in [6.45, 7) is 5.16. The number of nitrogens with zero attached hydrogens (tertiary/aromatic N) is 3. The van der Waals surface area contributed by atoms with Gasteiger partial charge in [0, 0.05) is 26.2 Å². The Morgan fingerprint density at radius 1 is 1.04 bits per heavy atom. The van der Waals surface area contributed by atoms with Crippen molar-refractivity contribution in [3.63, 3.8) is 0 Å². The minimum Gasteiger partial charge on any atom is -0.467 e. The molecule has 0 saturated carbocycles. The van der Waals surface area contributed by atoms with E-state index in [1.54, 1.807) is 11.0 Å². The summed E-state index contributed by atoms with van der Waals surface area (Å²) in [6.07, 6.45) is 3.82. The van der Waals surface area contributed by atoms with Gasteiger partial charge in [0.15, 0.2) is 0 Å². The Kier molecular flexibility index (Phi) is 4.97. The Bertz CT molecular complexity index is 557.